The third-order valence-corrected chi connectivity index (χ3v) is 5.57. The van der Waals surface area contributed by atoms with Crippen LogP contribution in [0.25, 0.3) is 0 Å². The number of aryl methyl sites for hydroxylation is 1. The van der Waals surface area contributed by atoms with E-state index in [1.807, 2.05) is 24.9 Å². The van der Waals surface area contributed by atoms with Crippen molar-refractivity contribution in [3.8, 4) is 0 Å². The average Bonchev–Trinajstić information content (AvgIpc) is 2.96. The molecule has 1 aromatic heterocycles. The highest BCUT2D eigenvalue weighted by molar-refractivity contribution is 5.95. The maximum Gasteiger partial charge on any atom is 0.241 e. The Morgan fingerprint density at radius 1 is 1.17 bits per heavy atom. The van der Waals surface area contributed by atoms with Gasteiger partial charge in [-0.3, -0.25) is 14.4 Å². The van der Waals surface area contributed by atoms with E-state index in [2.05, 4.69) is 27.3 Å². The zero-order chi connectivity index (χ0) is 17.1. The molecule has 1 aliphatic carbocycles. The summed E-state index contributed by atoms with van der Waals surface area (Å²) in [4.78, 5) is 17.3. The molecule has 2 heterocycles. The van der Waals surface area contributed by atoms with E-state index >= 15 is 0 Å². The van der Waals surface area contributed by atoms with Crippen LogP contribution in [0.3, 0.4) is 0 Å². The fourth-order valence-corrected chi connectivity index (χ4v) is 3.89. The topological polar surface area (TPSA) is 53.4 Å². The second-order valence-corrected chi connectivity index (χ2v) is 7.44. The van der Waals surface area contributed by atoms with Gasteiger partial charge in [-0.15, -0.1) is 0 Å². The molecule has 1 N–H and O–H groups in total. The van der Waals surface area contributed by atoms with Crippen LogP contribution >= 0.6 is 0 Å². The van der Waals surface area contributed by atoms with Crippen molar-refractivity contribution in [2.75, 3.05) is 38.5 Å². The summed E-state index contributed by atoms with van der Waals surface area (Å²) in [5, 5.41) is 7.81. The van der Waals surface area contributed by atoms with Crippen molar-refractivity contribution in [1.82, 2.24) is 19.6 Å². The molecule has 0 aromatic carbocycles. The van der Waals surface area contributed by atoms with Gasteiger partial charge in [0.05, 0.1) is 17.4 Å². The lowest BCUT2D eigenvalue weighted by atomic mass is 9.86. The van der Waals surface area contributed by atoms with Gasteiger partial charge in [0.15, 0.2) is 0 Å². The van der Waals surface area contributed by atoms with Gasteiger partial charge in [0.2, 0.25) is 5.91 Å². The number of nitrogens with one attached hydrogen (secondary N) is 1. The molecule has 3 rings (SSSR count). The summed E-state index contributed by atoms with van der Waals surface area (Å²) in [6.07, 6.45) is 8.20. The predicted molar refractivity (Wildman–Crippen MR) is 96.2 cm³/mol. The molecule has 1 saturated carbocycles. The minimum absolute atomic E-state index is 0.0876. The molecular weight excluding hydrogens is 302 g/mol. The van der Waals surface area contributed by atoms with Crippen LogP contribution in [0.15, 0.2) is 6.20 Å². The van der Waals surface area contributed by atoms with Gasteiger partial charge in [-0.1, -0.05) is 19.3 Å². The molecule has 6 heteroatoms. The molecule has 1 aromatic rings. The van der Waals surface area contributed by atoms with E-state index in [4.69, 9.17) is 0 Å². The van der Waals surface area contributed by atoms with Crippen LogP contribution < -0.4 is 5.32 Å². The first-order valence-corrected chi connectivity index (χ1v) is 9.31. The van der Waals surface area contributed by atoms with E-state index in [9.17, 15) is 4.79 Å². The van der Waals surface area contributed by atoms with Crippen LogP contribution in [0.4, 0.5) is 5.69 Å². The molecule has 0 bridgehead atoms. The zero-order valence-corrected chi connectivity index (χ0v) is 15.3. The molecule has 24 heavy (non-hydrogen) atoms. The fraction of sp³-hybridized carbons (Fsp3) is 0.778. The van der Waals surface area contributed by atoms with Gasteiger partial charge in [0, 0.05) is 45.3 Å². The number of hydrogen-bond acceptors (Lipinski definition) is 4. The van der Waals surface area contributed by atoms with Crippen LogP contribution in [0.5, 0.6) is 0 Å². The molecule has 1 atom stereocenters. The van der Waals surface area contributed by atoms with Gasteiger partial charge in [0.25, 0.3) is 0 Å². The van der Waals surface area contributed by atoms with Crippen molar-refractivity contribution in [2.24, 2.45) is 7.05 Å². The number of anilines is 1. The summed E-state index contributed by atoms with van der Waals surface area (Å²) in [7, 11) is 4.07. The Kier molecular flexibility index (Phi) is 5.56. The summed E-state index contributed by atoms with van der Waals surface area (Å²) < 4.78 is 1.83. The molecular formula is C18H31N5O. The lowest BCUT2D eigenvalue weighted by Gasteiger charge is -2.35. The van der Waals surface area contributed by atoms with Gasteiger partial charge < -0.3 is 10.2 Å². The summed E-state index contributed by atoms with van der Waals surface area (Å²) in [6.45, 7) is 5.97. The van der Waals surface area contributed by atoms with Crippen LogP contribution in [0.2, 0.25) is 0 Å². The van der Waals surface area contributed by atoms with Crippen LogP contribution in [0.1, 0.15) is 50.6 Å². The Labute approximate surface area is 145 Å². The van der Waals surface area contributed by atoms with Gasteiger partial charge in [-0.05, 0) is 26.8 Å². The number of hydrogen-bond donors (Lipinski definition) is 1. The number of carbonyl (C=O) groups is 1. The van der Waals surface area contributed by atoms with Gasteiger partial charge in [-0.2, -0.15) is 5.10 Å². The largest absolute Gasteiger partial charge is 0.322 e. The van der Waals surface area contributed by atoms with Crippen LogP contribution in [-0.4, -0.2) is 64.8 Å². The smallest absolute Gasteiger partial charge is 0.241 e. The molecule has 6 nitrogen and oxygen atoms in total. The SMILES string of the molecule is CC(C(=O)Nc1cn(C)nc1C1CCCCC1)N1CCN(C)CC1. The average molecular weight is 333 g/mol. The number of nitrogens with zero attached hydrogens (tertiary/aromatic N) is 4. The Balaban J connectivity index is 1.65. The molecule has 2 aliphatic rings. The maximum atomic E-state index is 12.7. The highest BCUT2D eigenvalue weighted by Crippen LogP contribution is 2.35. The van der Waals surface area contributed by atoms with Crippen molar-refractivity contribution < 1.29 is 4.79 Å². The van der Waals surface area contributed by atoms with Crippen LogP contribution in [0, 0.1) is 0 Å². The normalized spacial score (nSPS) is 22.5. The van der Waals surface area contributed by atoms with Crippen LogP contribution in [-0.2, 0) is 11.8 Å². The summed E-state index contributed by atoms with van der Waals surface area (Å²) in [5.41, 5.74) is 1.99. The van der Waals surface area contributed by atoms with E-state index in [1.165, 1.54) is 32.1 Å². The molecule has 1 saturated heterocycles. The minimum Gasteiger partial charge on any atom is -0.322 e. The fourth-order valence-electron chi connectivity index (χ4n) is 3.89. The summed E-state index contributed by atoms with van der Waals surface area (Å²) in [5.74, 6) is 0.582. The monoisotopic (exact) mass is 333 g/mol. The molecule has 0 radical (unpaired) electrons. The van der Waals surface area contributed by atoms with Crippen molar-refractivity contribution in [3.05, 3.63) is 11.9 Å². The minimum atomic E-state index is -0.0990. The lowest BCUT2D eigenvalue weighted by molar-refractivity contribution is -0.121. The Bertz CT molecular complexity index is 556. The first kappa shape index (κ1) is 17.4. The molecule has 134 valence electrons. The molecule has 1 unspecified atom stereocenters. The maximum absolute atomic E-state index is 12.7. The second kappa shape index (κ2) is 7.66. The number of piperazine rings is 1. The number of amides is 1. The number of rotatable bonds is 4. The predicted octanol–water partition coefficient (Wildman–Crippen LogP) is 2.04. The van der Waals surface area contributed by atoms with E-state index < -0.39 is 0 Å². The third-order valence-electron chi connectivity index (χ3n) is 5.57. The Hall–Kier alpha value is -1.40. The van der Waals surface area contributed by atoms with E-state index in [-0.39, 0.29) is 11.9 Å². The standard InChI is InChI=1S/C18H31N5O/c1-14(23-11-9-21(2)10-12-23)18(24)19-16-13-22(3)20-17(16)15-7-5-4-6-8-15/h13-15H,4-12H2,1-3H3,(H,19,24). The Morgan fingerprint density at radius 2 is 1.83 bits per heavy atom. The van der Waals surface area contributed by atoms with Gasteiger partial charge in [0.1, 0.15) is 0 Å². The molecule has 1 aliphatic heterocycles. The third kappa shape index (κ3) is 3.98. The molecule has 1 amide bonds. The highest BCUT2D eigenvalue weighted by atomic mass is 16.2. The Morgan fingerprint density at radius 3 is 2.50 bits per heavy atom. The number of aromatic nitrogens is 2. The number of carbonyl (C=O) groups excluding carboxylic acids is 1. The van der Waals surface area contributed by atoms with Crippen molar-refractivity contribution in [1.29, 1.82) is 0 Å². The second-order valence-electron chi connectivity index (χ2n) is 7.44. The summed E-state index contributed by atoms with van der Waals surface area (Å²) >= 11 is 0. The van der Waals surface area contributed by atoms with Gasteiger partial charge in [-0.25, -0.2) is 0 Å². The van der Waals surface area contributed by atoms with E-state index in [0.29, 0.717) is 5.92 Å². The van der Waals surface area contributed by atoms with E-state index in [0.717, 1.165) is 37.6 Å². The van der Waals surface area contributed by atoms with Gasteiger partial charge >= 0.3 is 0 Å². The molecule has 2 fully saturated rings. The lowest BCUT2D eigenvalue weighted by Crippen LogP contribution is -2.51. The van der Waals surface area contributed by atoms with Crippen molar-refractivity contribution >= 4 is 11.6 Å². The van der Waals surface area contributed by atoms with Crippen molar-refractivity contribution in [3.63, 3.8) is 0 Å². The quantitative estimate of drug-likeness (QED) is 0.916. The number of likely N-dealkylation sites (N-methyl/N-ethyl adjacent to an activating group) is 1. The summed E-state index contributed by atoms with van der Waals surface area (Å²) in [6, 6.07) is -0.0990. The molecule has 0 spiro atoms. The first-order chi connectivity index (χ1) is 11.5. The van der Waals surface area contributed by atoms with E-state index in [1.54, 1.807) is 0 Å². The highest BCUT2D eigenvalue weighted by Gasteiger charge is 2.27. The first-order valence-electron chi connectivity index (χ1n) is 9.31. The van der Waals surface area contributed by atoms with Crippen molar-refractivity contribution in [2.45, 2.75) is 51.0 Å². The zero-order valence-electron chi connectivity index (χ0n) is 15.3.